The predicted octanol–water partition coefficient (Wildman–Crippen LogP) is 2.00. The minimum absolute atomic E-state index is 0.00594. The first-order chi connectivity index (χ1) is 13.6. The summed E-state index contributed by atoms with van der Waals surface area (Å²) in [5.41, 5.74) is 7.09. The molecule has 3 heterocycles. The van der Waals surface area contributed by atoms with Crippen molar-refractivity contribution in [2.24, 2.45) is 5.73 Å². The molecule has 0 bridgehead atoms. The van der Waals surface area contributed by atoms with Gasteiger partial charge in [0.1, 0.15) is 17.2 Å². The number of amides is 1. The summed E-state index contributed by atoms with van der Waals surface area (Å²) in [5, 5.41) is 18.2. The number of nitrogens with zero attached hydrogens (tertiary/aromatic N) is 4. The van der Waals surface area contributed by atoms with E-state index in [-0.39, 0.29) is 35.4 Å². The lowest BCUT2D eigenvalue weighted by molar-refractivity contribution is 0.0997. The number of hydrogen-bond acceptors (Lipinski definition) is 7. The maximum Gasteiger partial charge on any atom is 0.268 e. The summed E-state index contributed by atoms with van der Waals surface area (Å²) in [5.74, 6) is -0.783. The van der Waals surface area contributed by atoms with Gasteiger partial charge in [-0.15, -0.1) is 10.2 Å². The van der Waals surface area contributed by atoms with E-state index in [2.05, 4.69) is 20.2 Å². The fourth-order valence-corrected chi connectivity index (χ4v) is 2.90. The molecule has 3 aromatic heterocycles. The van der Waals surface area contributed by atoms with Crippen molar-refractivity contribution in [3.8, 4) is 11.6 Å². The first-order valence-electron chi connectivity index (χ1n) is 8.32. The van der Waals surface area contributed by atoms with Gasteiger partial charge in [-0.1, -0.05) is 12.1 Å². The van der Waals surface area contributed by atoms with Crippen LogP contribution in [0.5, 0.6) is 0 Å². The Balaban J connectivity index is 1.80. The molecule has 4 rings (SSSR count). The third kappa shape index (κ3) is 3.19. The molecule has 0 aliphatic carbocycles. The van der Waals surface area contributed by atoms with Crippen molar-refractivity contribution in [1.82, 2.24) is 20.2 Å². The lowest BCUT2D eigenvalue weighted by Crippen LogP contribution is -2.15. The van der Waals surface area contributed by atoms with Crippen LogP contribution in [0.1, 0.15) is 27.5 Å². The molecule has 0 aliphatic heterocycles. The first-order valence-corrected chi connectivity index (χ1v) is 8.32. The average Bonchev–Trinajstić information content (AvgIpc) is 3.16. The maximum absolute atomic E-state index is 13.0. The highest BCUT2D eigenvalue weighted by molar-refractivity contribution is 6.05. The summed E-state index contributed by atoms with van der Waals surface area (Å²) in [6.45, 7) is -0.398. The fraction of sp³-hybridized carbons (Fsp3) is 0.105. The smallest absolute Gasteiger partial charge is 0.268 e. The Kier molecular flexibility index (Phi) is 4.50. The number of halogens is 1. The van der Waals surface area contributed by atoms with E-state index < -0.39 is 12.5 Å². The van der Waals surface area contributed by atoms with Crippen LogP contribution < -0.4 is 5.73 Å². The lowest BCUT2D eigenvalue weighted by atomic mass is 10.1. The van der Waals surface area contributed by atoms with E-state index in [0.717, 1.165) is 5.56 Å². The number of nitrogens with two attached hydrogens (primary N) is 1. The van der Waals surface area contributed by atoms with Gasteiger partial charge in [-0.3, -0.25) is 9.78 Å². The van der Waals surface area contributed by atoms with Crippen LogP contribution in [0.3, 0.4) is 0 Å². The molecule has 0 atom stereocenters. The predicted molar refractivity (Wildman–Crippen MR) is 96.5 cm³/mol. The van der Waals surface area contributed by atoms with E-state index in [9.17, 15) is 14.3 Å². The summed E-state index contributed by atoms with van der Waals surface area (Å²) in [6.07, 6.45) is 1.82. The highest BCUT2D eigenvalue weighted by Crippen LogP contribution is 2.29. The highest BCUT2D eigenvalue weighted by atomic mass is 19.1. The van der Waals surface area contributed by atoms with Gasteiger partial charge >= 0.3 is 0 Å². The molecule has 140 valence electrons. The first kappa shape index (κ1) is 17.7. The van der Waals surface area contributed by atoms with E-state index in [1.165, 1.54) is 18.3 Å². The summed E-state index contributed by atoms with van der Waals surface area (Å²) < 4.78 is 18.7. The highest BCUT2D eigenvalue weighted by Gasteiger charge is 2.22. The summed E-state index contributed by atoms with van der Waals surface area (Å²) in [6, 6.07) is 9.19. The van der Waals surface area contributed by atoms with Crippen molar-refractivity contribution < 1.29 is 18.7 Å². The molecule has 3 N–H and O–H groups in total. The van der Waals surface area contributed by atoms with Crippen LogP contribution in [0, 0.1) is 5.82 Å². The van der Waals surface area contributed by atoms with Crippen molar-refractivity contribution in [2.45, 2.75) is 13.0 Å². The van der Waals surface area contributed by atoms with Crippen molar-refractivity contribution >= 4 is 16.8 Å². The summed E-state index contributed by atoms with van der Waals surface area (Å²) in [4.78, 5) is 20.3. The second-order valence-electron chi connectivity index (χ2n) is 6.01. The molecule has 1 aromatic carbocycles. The van der Waals surface area contributed by atoms with Crippen molar-refractivity contribution in [3.63, 3.8) is 0 Å². The van der Waals surface area contributed by atoms with Crippen LogP contribution in [0.4, 0.5) is 4.39 Å². The van der Waals surface area contributed by atoms with E-state index >= 15 is 0 Å². The number of pyridine rings is 2. The van der Waals surface area contributed by atoms with Gasteiger partial charge in [-0.2, -0.15) is 0 Å². The zero-order valence-corrected chi connectivity index (χ0v) is 14.5. The molecular formula is C19H14FN5O3. The minimum atomic E-state index is -0.741. The normalized spacial score (nSPS) is 11.1. The Labute approximate surface area is 157 Å². The number of benzene rings is 1. The molecule has 8 nitrogen and oxygen atoms in total. The second-order valence-corrected chi connectivity index (χ2v) is 6.01. The number of rotatable bonds is 5. The van der Waals surface area contributed by atoms with Crippen molar-refractivity contribution in [1.29, 1.82) is 0 Å². The Morgan fingerprint density at radius 2 is 1.96 bits per heavy atom. The molecule has 0 aliphatic rings. The van der Waals surface area contributed by atoms with Crippen molar-refractivity contribution in [2.75, 3.05) is 0 Å². The number of aliphatic hydroxyl groups excluding tert-OH is 1. The number of hydrogen-bond donors (Lipinski definition) is 2. The lowest BCUT2D eigenvalue weighted by Gasteiger charge is -2.09. The molecule has 0 spiro atoms. The molecule has 0 fully saturated rings. The van der Waals surface area contributed by atoms with Crippen LogP contribution in [0.25, 0.3) is 22.5 Å². The SMILES string of the molecule is NC(=O)c1nc(-c2nnc(Cc3ccc(F)cc3)o2)c(CO)c2ncccc12. The molecule has 0 unspecified atom stereocenters. The number of aromatic nitrogens is 4. The molecule has 9 heteroatoms. The molecule has 28 heavy (non-hydrogen) atoms. The molecule has 4 aromatic rings. The maximum atomic E-state index is 13.0. The van der Waals surface area contributed by atoms with Gasteiger partial charge in [0.15, 0.2) is 0 Å². The zero-order chi connectivity index (χ0) is 19.7. The standard InChI is InChI=1S/C19H14FN5O3/c20-11-5-3-10(4-6-11)8-14-24-25-19(28-14)17-13(9-26)15-12(2-1-7-22-15)16(23-17)18(21)27/h1-7,26H,8-9H2,(H2,21,27). The molecule has 0 saturated heterocycles. The third-order valence-electron chi connectivity index (χ3n) is 4.19. The van der Waals surface area contributed by atoms with E-state index in [4.69, 9.17) is 10.2 Å². The number of carbonyl (C=O) groups excluding carboxylic acids is 1. The zero-order valence-electron chi connectivity index (χ0n) is 14.5. The Hall–Kier alpha value is -3.72. The van der Waals surface area contributed by atoms with Gasteiger partial charge in [-0.25, -0.2) is 9.37 Å². The molecule has 0 saturated carbocycles. The summed E-state index contributed by atoms with van der Waals surface area (Å²) in [7, 11) is 0. The number of primary amides is 1. The van der Waals surface area contributed by atoms with Gasteiger partial charge in [0.05, 0.1) is 18.5 Å². The van der Waals surface area contributed by atoms with E-state index in [1.54, 1.807) is 24.3 Å². The van der Waals surface area contributed by atoms with Crippen LogP contribution >= 0.6 is 0 Å². The van der Waals surface area contributed by atoms with Gasteiger partial charge in [0, 0.05) is 17.1 Å². The Bertz CT molecular complexity index is 1170. The Morgan fingerprint density at radius 1 is 1.18 bits per heavy atom. The van der Waals surface area contributed by atoms with Gasteiger partial charge < -0.3 is 15.3 Å². The van der Waals surface area contributed by atoms with Crippen molar-refractivity contribution in [3.05, 3.63) is 71.1 Å². The topological polar surface area (TPSA) is 128 Å². The van der Waals surface area contributed by atoms with E-state index in [0.29, 0.717) is 16.5 Å². The van der Waals surface area contributed by atoms with Crippen LogP contribution in [-0.2, 0) is 13.0 Å². The number of aliphatic hydroxyl groups is 1. The number of carbonyl (C=O) groups is 1. The fourth-order valence-electron chi connectivity index (χ4n) is 2.90. The average molecular weight is 379 g/mol. The molecule has 1 amide bonds. The van der Waals surface area contributed by atoms with Gasteiger partial charge in [-0.05, 0) is 29.8 Å². The number of fused-ring (bicyclic) bond motifs is 1. The van der Waals surface area contributed by atoms with Crippen LogP contribution in [0.15, 0.2) is 47.0 Å². The van der Waals surface area contributed by atoms with Crippen LogP contribution in [-0.4, -0.2) is 31.2 Å². The monoisotopic (exact) mass is 379 g/mol. The molecular weight excluding hydrogens is 365 g/mol. The quantitative estimate of drug-likeness (QED) is 0.543. The minimum Gasteiger partial charge on any atom is -0.419 e. The molecule has 0 radical (unpaired) electrons. The van der Waals surface area contributed by atoms with Gasteiger partial charge in [0.2, 0.25) is 5.89 Å². The van der Waals surface area contributed by atoms with Gasteiger partial charge in [0.25, 0.3) is 11.8 Å². The third-order valence-corrected chi connectivity index (χ3v) is 4.19. The van der Waals surface area contributed by atoms with E-state index in [1.807, 2.05) is 0 Å². The summed E-state index contributed by atoms with van der Waals surface area (Å²) >= 11 is 0. The largest absolute Gasteiger partial charge is 0.419 e. The van der Waals surface area contributed by atoms with Crippen LogP contribution in [0.2, 0.25) is 0 Å². The second kappa shape index (κ2) is 7.12. The Morgan fingerprint density at radius 3 is 2.68 bits per heavy atom.